The van der Waals surface area contributed by atoms with Crippen molar-refractivity contribution in [1.29, 1.82) is 0 Å². The highest BCUT2D eigenvalue weighted by Gasteiger charge is 2.32. The third-order valence-corrected chi connectivity index (χ3v) is 5.50. The standard InChI is InChI=1S/C26H30N2O3/c1-26(2,3)31-25(30)28-15-14-22(23(17-28)24(29)27-21-12-13-21)20-11-7-10-19(16-20)18-8-5-4-6-9-18/h4-11,16,21H,12-15,17H2,1-3H3,(H,27,29). The largest absolute Gasteiger partial charge is 0.444 e. The van der Waals surface area contributed by atoms with Crippen LogP contribution in [0, 0.1) is 0 Å². The molecule has 0 radical (unpaired) electrons. The molecule has 1 heterocycles. The van der Waals surface area contributed by atoms with E-state index in [0.29, 0.717) is 18.5 Å². The van der Waals surface area contributed by atoms with Crippen LogP contribution in [0.3, 0.4) is 0 Å². The van der Waals surface area contributed by atoms with Crippen molar-refractivity contribution in [2.75, 3.05) is 13.1 Å². The molecule has 0 atom stereocenters. The SMILES string of the molecule is CC(C)(C)OC(=O)N1CCC(c2cccc(-c3ccccc3)c2)=C(C(=O)NC2CC2)C1. The molecule has 2 aromatic carbocycles. The van der Waals surface area contributed by atoms with E-state index in [2.05, 4.69) is 35.6 Å². The Labute approximate surface area is 184 Å². The smallest absolute Gasteiger partial charge is 0.410 e. The third-order valence-electron chi connectivity index (χ3n) is 5.50. The molecule has 2 aliphatic rings. The molecule has 0 spiro atoms. The van der Waals surface area contributed by atoms with Crippen LogP contribution in [-0.4, -0.2) is 41.6 Å². The second kappa shape index (κ2) is 8.58. The van der Waals surface area contributed by atoms with E-state index in [1.807, 2.05) is 45.0 Å². The predicted molar refractivity (Wildman–Crippen MR) is 122 cm³/mol. The third kappa shape index (κ3) is 5.35. The van der Waals surface area contributed by atoms with Crippen molar-refractivity contribution in [3.8, 4) is 11.1 Å². The van der Waals surface area contributed by atoms with Gasteiger partial charge in [0, 0.05) is 18.2 Å². The van der Waals surface area contributed by atoms with Gasteiger partial charge in [0.25, 0.3) is 0 Å². The molecule has 0 aromatic heterocycles. The monoisotopic (exact) mass is 418 g/mol. The molecule has 5 nitrogen and oxygen atoms in total. The zero-order valence-electron chi connectivity index (χ0n) is 18.5. The maximum Gasteiger partial charge on any atom is 0.410 e. The number of hydrogen-bond acceptors (Lipinski definition) is 3. The first kappa shape index (κ1) is 21.2. The highest BCUT2D eigenvalue weighted by Crippen LogP contribution is 2.32. The lowest BCUT2D eigenvalue weighted by Crippen LogP contribution is -2.43. The van der Waals surface area contributed by atoms with Gasteiger partial charge in [-0.25, -0.2) is 4.79 Å². The Morgan fingerprint density at radius 2 is 1.65 bits per heavy atom. The summed E-state index contributed by atoms with van der Waals surface area (Å²) in [7, 11) is 0. The van der Waals surface area contributed by atoms with Crippen LogP contribution in [0.1, 0.15) is 45.6 Å². The fourth-order valence-electron chi connectivity index (χ4n) is 3.79. The summed E-state index contributed by atoms with van der Waals surface area (Å²) in [6.45, 7) is 6.35. The predicted octanol–water partition coefficient (Wildman–Crippen LogP) is 5.03. The first-order valence-electron chi connectivity index (χ1n) is 11.0. The van der Waals surface area contributed by atoms with Crippen LogP contribution in [0.2, 0.25) is 0 Å². The summed E-state index contributed by atoms with van der Waals surface area (Å²) in [6.07, 6.45) is 2.29. The maximum atomic E-state index is 13.1. The molecule has 1 saturated carbocycles. The summed E-state index contributed by atoms with van der Waals surface area (Å²) >= 11 is 0. The number of carbonyl (C=O) groups excluding carboxylic acids is 2. The highest BCUT2D eigenvalue weighted by atomic mass is 16.6. The van der Waals surface area contributed by atoms with E-state index in [0.717, 1.165) is 35.1 Å². The molecule has 0 bridgehead atoms. The zero-order chi connectivity index (χ0) is 22.0. The molecule has 5 heteroatoms. The van der Waals surface area contributed by atoms with Crippen molar-refractivity contribution in [2.24, 2.45) is 0 Å². The van der Waals surface area contributed by atoms with Crippen LogP contribution in [-0.2, 0) is 9.53 Å². The fourth-order valence-corrected chi connectivity index (χ4v) is 3.79. The van der Waals surface area contributed by atoms with Crippen molar-refractivity contribution >= 4 is 17.6 Å². The lowest BCUT2D eigenvalue weighted by Gasteiger charge is -2.32. The maximum absolute atomic E-state index is 13.1. The molecule has 1 aliphatic carbocycles. The molecule has 2 aromatic rings. The molecular weight excluding hydrogens is 388 g/mol. The lowest BCUT2D eigenvalue weighted by atomic mass is 9.91. The molecule has 1 fully saturated rings. The van der Waals surface area contributed by atoms with Gasteiger partial charge in [-0.15, -0.1) is 0 Å². The van der Waals surface area contributed by atoms with E-state index >= 15 is 0 Å². The van der Waals surface area contributed by atoms with Gasteiger partial charge in [0.15, 0.2) is 0 Å². The number of rotatable bonds is 4. The number of ether oxygens (including phenoxy) is 1. The summed E-state index contributed by atoms with van der Waals surface area (Å²) < 4.78 is 5.55. The van der Waals surface area contributed by atoms with E-state index in [-0.39, 0.29) is 24.6 Å². The highest BCUT2D eigenvalue weighted by molar-refractivity contribution is 6.03. The fraction of sp³-hybridized carbons (Fsp3) is 0.385. The first-order valence-corrected chi connectivity index (χ1v) is 11.0. The average molecular weight is 419 g/mol. The van der Waals surface area contributed by atoms with Crippen LogP contribution in [0.15, 0.2) is 60.2 Å². The summed E-state index contributed by atoms with van der Waals surface area (Å²) in [5, 5.41) is 3.10. The van der Waals surface area contributed by atoms with Crippen LogP contribution in [0.4, 0.5) is 4.79 Å². The van der Waals surface area contributed by atoms with Gasteiger partial charge < -0.3 is 15.0 Å². The van der Waals surface area contributed by atoms with Gasteiger partial charge in [0.05, 0.1) is 6.54 Å². The van der Waals surface area contributed by atoms with Gasteiger partial charge in [-0.3, -0.25) is 4.79 Å². The summed E-state index contributed by atoms with van der Waals surface area (Å²) in [5.74, 6) is -0.0733. The molecule has 31 heavy (non-hydrogen) atoms. The van der Waals surface area contributed by atoms with Gasteiger partial charge in [-0.05, 0) is 68.4 Å². The van der Waals surface area contributed by atoms with Gasteiger partial charge in [0.1, 0.15) is 5.60 Å². The Bertz CT molecular complexity index is 1000. The summed E-state index contributed by atoms with van der Waals surface area (Å²) in [6, 6.07) is 18.8. The van der Waals surface area contributed by atoms with Gasteiger partial charge in [-0.1, -0.05) is 48.5 Å². The summed E-state index contributed by atoms with van der Waals surface area (Å²) in [4.78, 5) is 27.4. The van der Waals surface area contributed by atoms with Gasteiger partial charge in [-0.2, -0.15) is 0 Å². The van der Waals surface area contributed by atoms with Crippen molar-refractivity contribution in [3.63, 3.8) is 0 Å². The topological polar surface area (TPSA) is 58.6 Å². The number of carbonyl (C=O) groups is 2. The molecular formula is C26H30N2O3. The normalized spacial score (nSPS) is 16.8. The summed E-state index contributed by atoms with van der Waals surface area (Å²) in [5.41, 5.74) is 4.39. The van der Waals surface area contributed by atoms with Crippen molar-refractivity contribution < 1.29 is 14.3 Å². The zero-order valence-corrected chi connectivity index (χ0v) is 18.5. The molecule has 0 unspecified atom stereocenters. The number of nitrogens with one attached hydrogen (secondary N) is 1. The van der Waals surface area contributed by atoms with Gasteiger partial charge in [0.2, 0.25) is 5.91 Å². The quantitative estimate of drug-likeness (QED) is 0.758. The first-order chi connectivity index (χ1) is 14.8. The second-order valence-electron chi connectivity index (χ2n) is 9.30. The minimum absolute atomic E-state index is 0.0733. The molecule has 0 saturated heterocycles. The molecule has 4 rings (SSSR count). The molecule has 2 amide bonds. The molecule has 1 aliphatic heterocycles. The van der Waals surface area contributed by atoms with E-state index in [9.17, 15) is 9.59 Å². The Balaban J connectivity index is 1.66. The van der Waals surface area contributed by atoms with Crippen molar-refractivity contribution in [2.45, 2.75) is 51.7 Å². The van der Waals surface area contributed by atoms with E-state index in [1.54, 1.807) is 4.90 Å². The minimum atomic E-state index is -0.568. The second-order valence-corrected chi connectivity index (χ2v) is 9.30. The minimum Gasteiger partial charge on any atom is -0.444 e. The lowest BCUT2D eigenvalue weighted by molar-refractivity contribution is -0.117. The van der Waals surface area contributed by atoms with Crippen LogP contribution < -0.4 is 5.32 Å². The molecule has 162 valence electrons. The van der Waals surface area contributed by atoms with Crippen LogP contribution >= 0.6 is 0 Å². The molecule has 1 N–H and O–H groups in total. The number of amides is 2. The Hall–Kier alpha value is -3.08. The van der Waals surface area contributed by atoms with Crippen LogP contribution in [0.25, 0.3) is 16.7 Å². The van der Waals surface area contributed by atoms with Crippen LogP contribution in [0.5, 0.6) is 0 Å². The average Bonchev–Trinajstić information content (AvgIpc) is 3.57. The number of hydrogen-bond donors (Lipinski definition) is 1. The van der Waals surface area contributed by atoms with Crippen molar-refractivity contribution in [1.82, 2.24) is 10.2 Å². The Morgan fingerprint density at radius 1 is 0.968 bits per heavy atom. The Kier molecular flexibility index (Phi) is 5.86. The number of benzene rings is 2. The van der Waals surface area contributed by atoms with E-state index in [1.165, 1.54) is 0 Å². The number of nitrogens with zero attached hydrogens (tertiary/aromatic N) is 1. The van der Waals surface area contributed by atoms with E-state index in [4.69, 9.17) is 4.74 Å². The van der Waals surface area contributed by atoms with Gasteiger partial charge >= 0.3 is 6.09 Å². The van der Waals surface area contributed by atoms with Crippen molar-refractivity contribution in [3.05, 3.63) is 65.7 Å². The van der Waals surface area contributed by atoms with E-state index < -0.39 is 5.60 Å². The Morgan fingerprint density at radius 3 is 2.32 bits per heavy atom.